The van der Waals surface area contributed by atoms with Gasteiger partial charge in [-0.1, -0.05) is 24.3 Å². The van der Waals surface area contributed by atoms with Gasteiger partial charge >= 0.3 is 0 Å². The summed E-state index contributed by atoms with van der Waals surface area (Å²) in [6.07, 6.45) is 3.82. The van der Waals surface area contributed by atoms with Crippen LogP contribution in [0.1, 0.15) is 23.2 Å². The number of aliphatic hydroxyl groups is 1. The fraction of sp³-hybridized carbons (Fsp3) is 0.375. The van der Waals surface area contributed by atoms with Crippen molar-refractivity contribution in [2.75, 3.05) is 6.54 Å². The number of nitrogens with one attached hydrogen (secondary N) is 1. The van der Waals surface area contributed by atoms with E-state index >= 15 is 0 Å². The van der Waals surface area contributed by atoms with E-state index in [2.05, 4.69) is 22.0 Å². The van der Waals surface area contributed by atoms with Gasteiger partial charge in [0.15, 0.2) is 0 Å². The van der Waals surface area contributed by atoms with Crippen LogP contribution in [0.5, 0.6) is 0 Å². The predicted octanol–water partition coefficient (Wildman–Crippen LogP) is 1.95. The van der Waals surface area contributed by atoms with Gasteiger partial charge in [0, 0.05) is 32.0 Å². The molecule has 2 N–H and O–H groups in total. The molecule has 1 atom stereocenters. The predicted molar refractivity (Wildman–Crippen MR) is 75.8 cm³/mol. The molecule has 1 aromatic heterocycles. The summed E-state index contributed by atoms with van der Waals surface area (Å²) in [7, 11) is 2.04. The Bertz CT molecular complexity index is 576. The van der Waals surface area contributed by atoms with Gasteiger partial charge in [0.05, 0.1) is 0 Å². The molecule has 3 nitrogen and oxygen atoms in total. The highest BCUT2D eigenvalue weighted by molar-refractivity contribution is 5.37. The van der Waals surface area contributed by atoms with Crippen LogP contribution in [0.2, 0.25) is 0 Å². The summed E-state index contributed by atoms with van der Waals surface area (Å²) < 4.78 is 2.10. The van der Waals surface area contributed by atoms with Crippen molar-refractivity contribution in [3.05, 3.63) is 59.4 Å². The molecule has 0 radical (unpaired) electrons. The Morgan fingerprint density at radius 1 is 1.26 bits per heavy atom. The first kappa shape index (κ1) is 12.5. The highest BCUT2D eigenvalue weighted by Crippen LogP contribution is 2.36. The van der Waals surface area contributed by atoms with Crippen LogP contribution >= 0.6 is 0 Å². The summed E-state index contributed by atoms with van der Waals surface area (Å²) >= 11 is 0. The number of hydrogen-bond acceptors (Lipinski definition) is 2. The first-order valence-corrected chi connectivity index (χ1v) is 6.81. The third-order valence-corrected chi connectivity index (χ3v) is 4.10. The monoisotopic (exact) mass is 256 g/mol. The summed E-state index contributed by atoms with van der Waals surface area (Å²) in [4.78, 5) is 0. The SMILES string of the molecule is Cn1cccc1CNCC1(O)CCc2ccccc21. The maximum Gasteiger partial charge on any atom is 0.103 e. The number of aryl methyl sites for hydroxylation is 2. The van der Waals surface area contributed by atoms with Crippen LogP contribution in [0.25, 0.3) is 0 Å². The molecule has 3 heteroatoms. The lowest BCUT2D eigenvalue weighted by Crippen LogP contribution is -2.36. The molecular formula is C16H20N2O. The van der Waals surface area contributed by atoms with Crippen LogP contribution in [0, 0.1) is 0 Å². The van der Waals surface area contributed by atoms with Crippen molar-refractivity contribution in [2.24, 2.45) is 7.05 Å². The van der Waals surface area contributed by atoms with Crippen LogP contribution in [0.15, 0.2) is 42.6 Å². The van der Waals surface area contributed by atoms with Gasteiger partial charge in [-0.05, 0) is 36.1 Å². The molecule has 100 valence electrons. The summed E-state index contributed by atoms with van der Waals surface area (Å²) in [5.74, 6) is 0. The quantitative estimate of drug-likeness (QED) is 0.877. The van der Waals surface area contributed by atoms with Gasteiger partial charge in [0.2, 0.25) is 0 Å². The van der Waals surface area contributed by atoms with Gasteiger partial charge in [-0.15, -0.1) is 0 Å². The summed E-state index contributed by atoms with van der Waals surface area (Å²) in [5.41, 5.74) is 2.90. The van der Waals surface area contributed by atoms with E-state index in [4.69, 9.17) is 0 Å². The molecule has 0 spiro atoms. The van der Waals surface area contributed by atoms with Crippen LogP contribution < -0.4 is 5.32 Å². The third-order valence-electron chi connectivity index (χ3n) is 4.10. The largest absolute Gasteiger partial charge is 0.384 e. The number of hydrogen-bond donors (Lipinski definition) is 2. The Morgan fingerprint density at radius 3 is 2.89 bits per heavy atom. The lowest BCUT2D eigenvalue weighted by Gasteiger charge is -2.24. The molecule has 19 heavy (non-hydrogen) atoms. The number of fused-ring (bicyclic) bond motifs is 1. The highest BCUT2D eigenvalue weighted by Gasteiger charge is 2.35. The molecule has 1 aliphatic carbocycles. The molecule has 0 saturated carbocycles. The average molecular weight is 256 g/mol. The van der Waals surface area contributed by atoms with E-state index in [0.29, 0.717) is 6.54 Å². The van der Waals surface area contributed by atoms with Crippen molar-refractivity contribution < 1.29 is 5.11 Å². The lowest BCUT2D eigenvalue weighted by molar-refractivity contribution is 0.0383. The summed E-state index contributed by atoms with van der Waals surface area (Å²) in [5, 5.41) is 14.2. The second-order valence-electron chi connectivity index (χ2n) is 5.40. The van der Waals surface area contributed by atoms with Gasteiger partial charge in [-0.2, -0.15) is 0 Å². The van der Waals surface area contributed by atoms with E-state index in [1.165, 1.54) is 11.3 Å². The summed E-state index contributed by atoms with van der Waals surface area (Å²) in [6, 6.07) is 12.3. The van der Waals surface area contributed by atoms with E-state index < -0.39 is 5.60 Å². The van der Waals surface area contributed by atoms with Crippen molar-refractivity contribution in [1.29, 1.82) is 0 Å². The first-order chi connectivity index (χ1) is 9.19. The molecule has 0 bridgehead atoms. The Hall–Kier alpha value is -1.58. The van der Waals surface area contributed by atoms with Crippen molar-refractivity contribution in [1.82, 2.24) is 9.88 Å². The molecule has 0 fully saturated rings. The minimum absolute atomic E-state index is 0.606. The number of nitrogens with zero attached hydrogens (tertiary/aromatic N) is 1. The second-order valence-corrected chi connectivity index (χ2v) is 5.40. The van der Waals surface area contributed by atoms with E-state index in [1.54, 1.807) is 0 Å². The van der Waals surface area contributed by atoms with E-state index in [-0.39, 0.29) is 0 Å². The van der Waals surface area contributed by atoms with Crippen molar-refractivity contribution in [3.8, 4) is 0 Å². The zero-order valence-electron chi connectivity index (χ0n) is 11.3. The molecule has 3 rings (SSSR count). The zero-order chi connectivity index (χ0) is 13.3. The maximum atomic E-state index is 10.8. The van der Waals surface area contributed by atoms with E-state index in [1.807, 2.05) is 37.5 Å². The standard InChI is InChI=1S/C16H20N2O/c1-18-10-4-6-14(18)11-17-12-16(19)9-8-13-5-2-3-7-15(13)16/h2-7,10,17,19H,8-9,11-12H2,1H3. The van der Waals surface area contributed by atoms with E-state index in [9.17, 15) is 5.11 Å². The van der Waals surface area contributed by atoms with Crippen LogP contribution in [-0.2, 0) is 25.6 Å². The van der Waals surface area contributed by atoms with Crippen molar-refractivity contribution in [3.63, 3.8) is 0 Å². The highest BCUT2D eigenvalue weighted by atomic mass is 16.3. The lowest BCUT2D eigenvalue weighted by atomic mass is 9.96. The minimum atomic E-state index is -0.707. The van der Waals surface area contributed by atoms with Gasteiger partial charge in [-0.3, -0.25) is 0 Å². The van der Waals surface area contributed by atoms with Gasteiger partial charge < -0.3 is 15.0 Å². The number of rotatable bonds is 4. The van der Waals surface area contributed by atoms with E-state index in [0.717, 1.165) is 24.9 Å². The van der Waals surface area contributed by atoms with Gasteiger partial charge in [0.1, 0.15) is 5.60 Å². The number of aromatic nitrogens is 1. The fourth-order valence-corrected chi connectivity index (χ4v) is 2.93. The normalized spacial score (nSPS) is 21.6. The summed E-state index contributed by atoms with van der Waals surface area (Å²) in [6.45, 7) is 1.39. The Kier molecular flexibility index (Phi) is 3.17. The van der Waals surface area contributed by atoms with Crippen LogP contribution in [-0.4, -0.2) is 16.2 Å². The van der Waals surface area contributed by atoms with Gasteiger partial charge in [0.25, 0.3) is 0 Å². The molecule has 2 aromatic rings. The molecule has 0 aliphatic heterocycles. The van der Waals surface area contributed by atoms with Crippen molar-refractivity contribution >= 4 is 0 Å². The first-order valence-electron chi connectivity index (χ1n) is 6.81. The Balaban J connectivity index is 1.66. The van der Waals surface area contributed by atoms with Gasteiger partial charge in [-0.25, -0.2) is 0 Å². The molecule has 1 unspecified atom stereocenters. The maximum absolute atomic E-state index is 10.8. The Labute approximate surface area is 113 Å². The van der Waals surface area contributed by atoms with Crippen LogP contribution in [0.3, 0.4) is 0 Å². The molecule has 1 aromatic carbocycles. The minimum Gasteiger partial charge on any atom is -0.384 e. The van der Waals surface area contributed by atoms with Crippen molar-refractivity contribution in [2.45, 2.75) is 25.0 Å². The molecular weight excluding hydrogens is 236 g/mol. The Morgan fingerprint density at radius 2 is 2.11 bits per heavy atom. The molecule has 1 heterocycles. The fourth-order valence-electron chi connectivity index (χ4n) is 2.93. The van der Waals surface area contributed by atoms with Crippen LogP contribution in [0.4, 0.5) is 0 Å². The second kappa shape index (κ2) is 4.83. The topological polar surface area (TPSA) is 37.2 Å². The zero-order valence-corrected chi connectivity index (χ0v) is 11.3. The molecule has 0 amide bonds. The number of benzene rings is 1. The molecule has 0 saturated heterocycles. The smallest absolute Gasteiger partial charge is 0.103 e. The third kappa shape index (κ3) is 2.31. The molecule has 1 aliphatic rings. The average Bonchev–Trinajstić information content (AvgIpc) is 2.96.